The maximum Gasteiger partial charge on any atom is 0.144 e. The molecular weight excluding hydrogens is 835 g/mol. The standard InChI is InChI=1S/C63H41NO2S/c1-63(2)53-20-9-6-15-46(53)47-33-32-44(36-54(47)63)64(43-30-25-39(26-31-43)45-18-12-19-49-48-16-8-11-22-58(48)67-62(45)49)42-28-23-38(24-29-42)41-27-34-56-51(35-41)52-37-57-60(50-17-7-10-21-55(50)65-57)59(61(52)66-56)40-13-4-3-5-14-40/h3-37H,1-2H3. The summed E-state index contributed by atoms with van der Waals surface area (Å²) in [4.78, 5) is 2.41. The number of thiophene rings is 1. The molecular formula is C63H41NO2S. The molecule has 3 aromatic heterocycles. The van der Waals surface area contributed by atoms with Gasteiger partial charge in [-0.1, -0.05) is 159 Å². The molecule has 316 valence electrons. The van der Waals surface area contributed by atoms with E-state index in [9.17, 15) is 0 Å². The third kappa shape index (κ3) is 5.76. The van der Waals surface area contributed by atoms with Crippen LogP contribution in [0.4, 0.5) is 17.1 Å². The molecule has 0 N–H and O–H groups in total. The molecule has 0 saturated carbocycles. The molecule has 1 aliphatic carbocycles. The van der Waals surface area contributed by atoms with Crippen LogP contribution in [-0.4, -0.2) is 0 Å². The first-order valence-electron chi connectivity index (χ1n) is 23.0. The SMILES string of the molecule is CC1(C)c2ccccc2-c2ccc(N(c3ccc(-c4ccc5oc6c(-c7ccccc7)c7c(cc6c5c4)oc4ccccc47)cc3)c3ccc(-c4cccc5c4sc4ccccc45)cc3)cc21. The second-order valence-corrected chi connectivity index (χ2v) is 19.4. The minimum Gasteiger partial charge on any atom is -0.456 e. The van der Waals surface area contributed by atoms with Crippen molar-refractivity contribution in [1.82, 2.24) is 0 Å². The van der Waals surface area contributed by atoms with E-state index in [1.165, 1.54) is 53.6 Å². The Kier molecular flexibility index (Phi) is 8.20. The smallest absolute Gasteiger partial charge is 0.144 e. The molecule has 0 amide bonds. The van der Waals surface area contributed by atoms with E-state index < -0.39 is 0 Å². The van der Waals surface area contributed by atoms with Gasteiger partial charge >= 0.3 is 0 Å². The number of rotatable bonds is 6. The number of hydrogen-bond donors (Lipinski definition) is 0. The quantitative estimate of drug-likeness (QED) is 0.167. The predicted molar refractivity (Wildman–Crippen MR) is 282 cm³/mol. The zero-order valence-electron chi connectivity index (χ0n) is 36.9. The normalized spacial score (nSPS) is 13.0. The lowest BCUT2D eigenvalue weighted by atomic mass is 9.82. The summed E-state index contributed by atoms with van der Waals surface area (Å²) in [5, 5.41) is 6.89. The Labute approximate surface area is 391 Å². The summed E-state index contributed by atoms with van der Waals surface area (Å²) in [5.41, 5.74) is 18.9. The van der Waals surface area contributed by atoms with Gasteiger partial charge in [0.05, 0.1) is 0 Å². The molecule has 0 aliphatic heterocycles. The molecule has 0 radical (unpaired) electrons. The van der Waals surface area contributed by atoms with Crippen LogP contribution in [0.25, 0.3) is 109 Å². The monoisotopic (exact) mass is 875 g/mol. The fourth-order valence-electron chi connectivity index (χ4n) is 11.0. The largest absolute Gasteiger partial charge is 0.456 e. The van der Waals surface area contributed by atoms with Crippen molar-refractivity contribution in [3.63, 3.8) is 0 Å². The van der Waals surface area contributed by atoms with Crippen molar-refractivity contribution in [3.8, 4) is 44.5 Å². The van der Waals surface area contributed by atoms with Gasteiger partial charge in [-0.05, 0) is 117 Å². The zero-order chi connectivity index (χ0) is 44.4. The van der Waals surface area contributed by atoms with Crippen molar-refractivity contribution >= 4 is 92.4 Å². The number of furan rings is 2. The Morgan fingerprint density at radius 3 is 1.87 bits per heavy atom. The maximum absolute atomic E-state index is 6.79. The summed E-state index contributed by atoms with van der Waals surface area (Å²) < 4.78 is 16.0. The highest BCUT2D eigenvalue weighted by Gasteiger charge is 2.36. The number of nitrogens with zero attached hydrogens (tertiary/aromatic N) is 1. The Morgan fingerprint density at radius 1 is 0.388 bits per heavy atom. The van der Waals surface area contributed by atoms with Gasteiger partial charge in [0, 0.05) is 69.8 Å². The van der Waals surface area contributed by atoms with Crippen molar-refractivity contribution in [2.45, 2.75) is 19.3 Å². The van der Waals surface area contributed by atoms with Gasteiger partial charge in [0.2, 0.25) is 0 Å². The Bertz CT molecular complexity index is 4110. The third-order valence-electron chi connectivity index (χ3n) is 14.3. The van der Waals surface area contributed by atoms with Crippen LogP contribution >= 0.6 is 11.3 Å². The maximum atomic E-state index is 6.79. The van der Waals surface area contributed by atoms with Crippen LogP contribution in [0.5, 0.6) is 0 Å². The fourth-order valence-corrected chi connectivity index (χ4v) is 12.3. The van der Waals surface area contributed by atoms with E-state index in [1.807, 2.05) is 23.5 Å². The Hall–Kier alpha value is -8.18. The molecule has 0 spiro atoms. The van der Waals surface area contributed by atoms with Gasteiger partial charge in [0.1, 0.15) is 22.3 Å². The fraction of sp³-hybridized carbons (Fsp3) is 0.0476. The summed E-state index contributed by atoms with van der Waals surface area (Å²) in [6, 6.07) is 77.0. The van der Waals surface area contributed by atoms with Gasteiger partial charge < -0.3 is 13.7 Å². The molecule has 4 heteroatoms. The second kappa shape index (κ2) is 14.4. The van der Waals surface area contributed by atoms with E-state index in [-0.39, 0.29) is 5.41 Å². The van der Waals surface area contributed by atoms with Gasteiger partial charge in [0.25, 0.3) is 0 Å². The van der Waals surface area contributed by atoms with Crippen molar-refractivity contribution in [2.24, 2.45) is 0 Å². The van der Waals surface area contributed by atoms with Crippen LogP contribution in [-0.2, 0) is 5.41 Å². The van der Waals surface area contributed by atoms with E-state index >= 15 is 0 Å². The van der Waals surface area contributed by atoms with Crippen molar-refractivity contribution < 1.29 is 8.83 Å². The summed E-state index contributed by atoms with van der Waals surface area (Å²) >= 11 is 1.87. The van der Waals surface area contributed by atoms with Gasteiger partial charge in [0.15, 0.2) is 0 Å². The first-order valence-corrected chi connectivity index (χ1v) is 23.8. The molecule has 3 heterocycles. The second-order valence-electron chi connectivity index (χ2n) is 18.4. The molecule has 0 atom stereocenters. The predicted octanol–water partition coefficient (Wildman–Crippen LogP) is 18.6. The molecule has 0 fully saturated rings. The van der Waals surface area contributed by atoms with E-state index in [0.717, 1.165) is 83.2 Å². The van der Waals surface area contributed by atoms with Crippen LogP contribution < -0.4 is 4.90 Å². The van der Waals surface area contributed by atoms with Crippen LogP contribution in [0.3, 0.4) is 0 Å². The Morgan fingerprint density at radius 2 is 1.03 bits per heavy atom. The average molecular weight is 876 g/mol. The number of anilines is 3. The van der Waals surface area contributed by atoms with E-state index in [1.54, 1.807) is 0 Å². The van der Waals surface area contributed by atoms with Gasteiger partial charge in [-0.3, -0.25) is 0 Å². The van der Waals surface area contributed by atoms with Crippen molar-refractivity contribution in [1.29, 1.82) is 0 Å². The van der Waals surface area contributed by atoms with Crippen molar-refractivity contribution in [2.75, 3.05) is 4.90 Å². The van der Waals surface area contributed by atoms with E-state index in [4.69, 9.17) is 8.83 Å². The van der Waals surface area contributed by atoms with E-state index in [0.29, 0.717) is 0 Å². The lowest BCUT2D eigenvalue weighted by molar-refractivity contribution is 0.660. The first-order chi connectivity index (χ1) is 33.0. The summed E-state index contributed by atoms with van der Waals surface area (Å²) in [7, 11) is 0. The lowest BCUT2D eigenvalue weighted by Gasteiger charge is -2.28. The summed E-state index contributed by atoms with van der Waals surface area (Å²) in [6.45, 7) is 4.71. The zero-order valence-corrected chi connectivity index (χ0v) is 37.7. The molecule has 67 heavy (non-hydrogen) atoms. The first kappa shape index (κ1) is 38.1. The lowest BCUT2D eigenvalue weighted by Crippen LogP contribution is -2.16. The van der Waals surface area contributed by atoms with Crippen LogP contribution in [0, 0.1) is 0 Å². The topological polar surface area (TPSA) is 29.5 Å². The highest BCUT2D eigenvalue weighted by atomic mass is 32.1. The molecule has 0 bridgehead atoms. The molecule has 13 aromatic rings. The highest BCUT2D eigenvalue weighted by Crippen LogP contribution is 2.51. The number of para-hydroxylation sites is 1. The average Bonchev–Trinajstić information content (AvgIpc) is 4.12. The number of hydrogen-bond acceptors (Lipinski definition) is 4. The van der Waals surface area contributed by atoms with Gasteiger partial charge in [-0.25, -0.2) is 0 Å². The molecule has 14 rings (SSSR count). The van der Waals surface area contributed by atoms with Gasteiger partial charge in [-0.15, -0.1) is 11.3 Å². The third-order valence-corrected chi connectivity index (χ3v) is 15.5. The molecule has 10 aromatic carbocycles. The van der Waals surface area contributed by atoms with Crippen LogP contribution in [0.1, 0.15) is 25.0 Å². The van der Waals surface area contributed by atoms with Crippen molar-refractivity contribution in [3.05, 3.63) is 223 Å². The van der Waals surface area contributed by atoms with Crippen LogP contribution in [0.15, 0.2) is 221 Å². The Balaban J connectivity index is 0.884. The van der Waals surface area contributed by atoms with Crippen LogP contribution in [0.2, 0.25) is 0 Å². The molecule has 0 saturated heterocycles. The number of benzene rings is 10. The summed E-state index contributed by atoms with van der Waals surface area (Å²) in [5.74, 6) is 0. The molecule has 1 aliphatic rings. The summed E-state index contributed by atoms with van der Waals surface area (Å²) in [6.07, 6.45) is 0. The minimum absolute atomic E-state index is 0.127. The van der Waals surface area contributed by atoms with E-state index in [2.05, 4.69) is 219 Å². The minimum atomic E-state index is -0.127. The van der Waals surface area contributed by atoms with Gasteiger partial charge in [-0.2, -0.15) is 0 Å². The number of fused-ring (bicyclic) bond motifs is 12. The highest BCUT2D eigenvalue weighted by molar-refractivity contribution is 7.26. The molecule has 0 unspecified atom stereocenters. The molecule has 3 nitrogen and oxygen atoms in total.